The number of carbonyl (C=O) groups is 1. The second-order valence-electron chi connectivity index (χ2n) is 5.19. The number of thiazole rings is 1. The van der Waals surface area contributed by atoms with Crippen molar-refractivity contribution in [3.8, 4) is 5.88 Å². The molecule has 0 saturated carbocycles. The molecule has 0 aliphatic carbocycles. The van der Waals surface area contributed by atoms with E-state index in [0.717, 1.165) is 26.6 Å². The van der Waals surface area contributed by atoms with Crippen LogP contribution < -0.4 is 10.1 Å². The maximum atomic E-state index is 12.1. The van der Waals surface area contributed by atoms with Crippen LogP contribution in [0.3, 0.4) is 0 Å². The summed E-state index contributed by atoms with van der Waals surface area (Å²) in [5.41, 5.74) is 4.37. The zero-order chi connectivity index (χ0) is 17.7. The summed E-state index contributed by atoms with van der Waals surface area (Å²) in [7, 11) is 3.22. The number of amides is 1. The van der Waals surface area contributed by atoms with E-state index in [2.05, 4.69) is 15.3 Å². The Hall–Kier alpha value is -1.86. The quantitative estimate of drug-likeness (QED) is 0.632. The number of aromatic nitrogens is 1. The number of thioether (sulfide) groups is 1. The molecule has 1 aromatic heterocycles. The molecule has 1 aromatic carbocycles. The molecule has 0 fully saturated rings. The predicted octanol–water partition coefficient (Wildman–Crippen LogP) is 3.23. The number of benzene rings is 1. The number of aryl methyl sites for hydroxylation is 2. The molecule has 128 valence electrons. The van der Waals surface area contributed by atoms with E-state index < -0.39 is 0 Å². The van der Waals surface area contributed by atoms with E-state index in [4.69, 9.17) is 4.74 Å². The van der Waals surface area contributed by atoms with Gasteiger partial charge in [0.1, 0.15) is 12.3 Å². The number of ether oxygens (including phenoxy) is 1. The highest BCUT2D eigenvalue weighted by Gasteiger charge is 2.17. The van der Waals surface area contributed by atoms with E-state index in [1.807, 2.05) is 37.6 Å². The summed E-state index contributed by atoms with van der Waals surface area (Å²) in [5, 5.41) is 4.53. The molecule has 2 rings (SSSR count). The van der Waals surface area contributed by atoms with E-state index in [9.17, 15) is 4.79 Å². The van der Waals surface area contributed by atoms with Crippen LogP contribution in [0.1, 0.15) is 22.3 Å². The first-order valence-corrected chi connectivity index (χ1v) is 9.52. The molecule has 1 heterocycles. The third-order valence-electron chi connectivity index (χ3n) is 3.65. The highest BCUT2D eigenvalue weighted by molar-refractivity contribution is 8.00. The van der Waals surface area contributed by atoms with Gasteiger partial charge in [-0.25, -0.2) is 0 Å². The average molecular weight is 364 g/mol. The van der Waals surface area contributed by atoms with Crippen molar-refractivity contribution in [1.82, 2.24) is 10.3 Å². The average Bonchev–Trinajstić information content (AvgIpc) is 3.05. The lowest BCUT2D eigenvalue weighted by atomic mass is 9.96. The molecule has 2 aromatic rings. The normalized spacial score (nSPS) is 11.5. The first-order chi connectivity index (χ1) is 11.5. The van der Waals surface area contributed by atoms with Crippen LogP contribution in [0, 0.1) is 13.8 Å². The van der Waals surface area contributed by atoms with Gasteiger partial charge in [-0.2, -0.15) is 4.98 Å². The molecular weight excluding hydrogens is 342 g/mol. The Balaban J connectivity index is 2.33. The molecule has 0 saturated heterocycles. The Labute approximate surface area is 150 Å². The van der Waals surface area contributed by atoms with E-state index in [1.54, 1.807) is 37.2 Å². The number of nitrogens with one attached hydrogen (secondary N) is 1. The van der Waals surface area contributed by atoms with Crippen molar-refractivity contribution < 1.29 is 9.53 Å². The molecule has 1 N–H and O–H groups in total. The smallest absolute Gasteiger partial charge is 0.269 e. The largest absolute Gasteiger partial charge is 0.472 e. The minimum Gasteiger partial charge on any atom is -0.472 e. The molecule has 0 unspecified atom stereocenters. The van der Waals surface area contributed by atoms with Gasteiger partial charge in [-0.05, 0) is 42.9 Å². The third kappa shape index (κ3) is 4.15. The number of rotatable bonds is 6. The summed E-state index contributed by atoms with van der Waals surface area (Å²) in [4.78, 5) is 20.7. The molecule has 24 heavy (non-hydrogen) atoms. The number of aliphatic imine (C=N–C) groups is 1. The van der Waals surface area contributed by atoms with Gasteiger partial charge < -0.3 is 10.1 Å². The minimum atomic E-state index is -0.208. The van der Waals surface area contributed by atoms with Gasteiger partial charge in [-0.3, -0.25) is 9.79 Å². The highest BCUT2D eigenvalue weighted by atomic mass is 32.2. The van der Waals surface area contributed by atoms with Crippen molar-refractivity contribution in [2.75, 3.05) is 20.4 Å². The van der Waals surface area contributed by atoms with Crippen molar-refractivity contribution in [2.45, 2.75) is 24.8 Å². The number of nitrogens with zero attached hydrogens (tertiary/aromatic N) is 2. The molecular formula is C17H21N3O2S2. The van der Waals surface area contributed by atoms with Crippen LogP contribution in [0.4, 0.5) is 0 Å². The van der Waals surface area contributed by atoms with Crippen LogP contribution in [0.25, 0.3) is 0 Å². The summed E-state index contributed by atoms with van der Waals surface area (Å²) in [6, 6.07) is 4.03. The molecule has 0 aliphatic heterocycles. The van der Waals surface area contributed by atoms with Gasteiger partial charge in [0, 0.05) is 19.7 Å². The molecule has 7 heteroatoms. The second kappa shape index (κ2) is 8.30. The first kappa shape index (κ1) is 18.5. The molecule has 0 spiro atoms. The van der Waals surface area contributed by atoms with Crippen molar-refractivity contribution in [3.05, 3.63) is 39.8 Å². The number of hydrogen-bond acceptors (Lipinski definition) is 6. The van der Waals surface area contributed by atoms with Crippen LogP contribution in [-0.4, -0.2) is 37.0 Å². The maximum Gasteiger partial charge on any atom is 0.269 e. The minimum absolute atomic E-state index is 0.208. The summed E-state index contributed by atoms with van der Waals surface area (Å²) < 4.78 is 6.78. The Kier molecular flexibility index (Phi) is 6.39. The highest BCUT2D eigenvalue weighted by Crippen LogP contribution is 2.25. The lowest BCUT2D eigenvalue weighted by Crippen LogP contribution is -2.29. The molecule has 0 bridgehead atoms. The molecule has 1 amide bonds. The number of likely N-dealkylation sites (N-methyl/N-ethyl adjacent to an activating group) is 1. The molecule has 0 atom stereocenters. The van der Waals surface area contributed by atoms with Gasteiger partial charge in [-0.15, -0.1) is 11.3 Å². The van der Waals surface area contributed by atoms with Crippen LogP contribution >= 0.6 is 23.1 Å². The van der Waals surface area contributed by atoms with Gasteiger partial charge in [0.2, 0.25) is 5.88 Å². The van der Waals surface area contributed by atoms with Crippen LogP contribution in [0.2, 0.25) is 0 Å². The summed E-state index contributed by atoms with van der Waals surface area (Å²) in [6.45, 7) is 4.40. The molecule has 0 radical (unpaired) electrons. The van der Waals surface area contributed by atoms with Gasteiger partial charge in [0.05, 0.1) is 5.38 Å². The fourth-order valence-electron chi connectivity index (χ4n) is 2.23. The van der Waals surface area contributed by atoms with E-state index in [0.29, 0.717) is 18.2 Å². The van der Waals surface area contributed by atoms with Gasteiger partial charge in [0.25, 0.3) is 5.91 Å². The lowest BCUT2D eigenvalue weighted by Gasteiger charge is -2.14. The van der Waals surface area contributed by atoms with Gasteiger partial charge >= 0.3 is 0 Å². The zero-order valence-electron chi connectivity index (χ0n) is 14.5. The fourth-order valence-corrected chi connectivity index (χ4v) is 3.41. The van der Waals surface area contributed by atoms with Crippen molar-refractivity contribution in [1.29, 1.82) is 0 Å². The monoisotopic (exact) mass is 363 g/mol. The number of hydrogen-bond donors (Lipinski definition) is 1. The van der Waals surface area contributed by atoms with Crippen molar-refractivity contribution in [2.24, 2.45) is 4.99 Å². The lowest BCUT2D eigenvalue weighted by molar-refractivity contribution is -0.114. The Morgan fingerprint density at radius 2 is 2.08 bits per heavy atom. The molecule has 0 aliphatic rings. The van der Waals surface area contributed by atoms with Crippen LogP contribution in [-0.2, 0) is 11.4 Å². The first-order valence-electron chi connectivity index (χ1n) is 7.41. The Morgan fingerprint density at radius 1 is 1.38 bits per heavy atom. The topological polar surface area (TPSA) is 63.6 Å². The fraction of sp³-hybridized carbons (Fsp3) is 0.353. The Bertz CT molecular complexity index is 769. The number of carbonyl (C=O) groups excluding carboxylic acids is 1. The van der Waals surface area contributed by atoms with Gasteiger partial charge in [0.15, 0.2) is 4.34 Å². The maximum absolute atomic E-state index is 12.1. The van der Waals surface area contributed by atoms with Crippen molar-refractivity contribution >= 4 is 34.7 Å². The van der Waals surface area contributed by atoms with E-state index >= 15 is 0 Å². The van der Waals surface area contributed by atoms with Gasteiger partial charge in [-0.1, -0.05) is 17.8 Å². The van der Waals surface area contributed by atoms with E-state index in [-0.39, 0.29) is 5.91 Å². The van der Waals surface area contributed by atoms with E-state index in [1.165, 1.54) is 0 Å². The summed E-state index contributed by atoms with van der Waals surface area (Å²) in [5.74, 6) is 0.392. The Morgan fingerprint density at radius 3 is 2.67 bits per heavy atom. The summed E-state index contributed by atoms with van der Waals surface area (Å²) in [6.07, 6.45) is 1.98. The third-order valence-corrected chi connectivity index (χ3v) is 5.49. The predicted molar refractivity (Wildman–Crippen MR) is 101 cm³/mol. The standard InChI is InChI=1S/C17H21N3O2S2/c1-10-6-12(8-22-14-9-24-17(20-14)23-5)13(7-11(10)2)15(18-3)16(21)19-4/h6-7,9H,8H2,1-5H3,(H,19,21)/b18-15+. The van der Waals surface area contributed by atoms with Crippen LogP contribution in [0.15, 0.2) is 26.8 Å². The van der Waals surface area contributed by atoms with Crippen LogP contribution in [0.5, 0.6) is 5.88 Å². The van der Waals surface area contributed by atoms with Crippen molar-refractivity contribution in [3.63, 3.8) is 0 Å². The SMILES string of the molecule is C/N=C(/C(=O)NC)c1cc(C)c(C)cc1COc1csc(SC)n1. The zero-order valence-corrected chi connectivity index (χ0v) is 16.1. The molecule has 5 nitrogen and oxygen atoms in total. The second-order valence-corrected chi connectivity index (χ2v) is 7.10. The summed E-state index contributed by atoms with van der Waals surface area (Å²) >= 11 is 3.14.